The molecule has 2 heterocycles. The van der Waals surface area contributed by atoms with Crippen LogP contribution < -0.4 is 11.2 Å². The van der Waals surface area contributed by atoms with E-state index in [9.17, 15) is 19.5 Å². The number of carbonyl (C=O) groups excluding carboxylic acids is 1. The van der Waals surface area contributed by atoms with E-state index in [2.05, 4.69) is 14.9 Å². The summed E-state index contributed by atoms with van der Waals surface area (Å²) in [4.78, 5) is 44.3. The number of nitrogens with zero attached hydrogens (tertiary/aromatic N) is 2. The molecule has 150 valence electrons. The van der Waals surface area contributed by atoms with Crippen LogP contribution in [0.2, 0.25) is 0 Å². The molecule has 2 aliphatic rings. The Balaban J connectivity index is 1.60. The van der Waals surface area contributed by atoms with Gasteiger partial charge in [-0.3, -0.25) is 19.5 Å². The van der Waals surface area contributed by atoms with Crippen LogP contribution in [-0.2, 0) is 11.2 Å². The number of aliphatic hydroxyl groups is 1. The van der Waals surface area contributed by atoms with Gasteiger partial charge in [0.05, 0.1) is 6.42 Å². The minimum absolute atomic E-state index is 0.0272. The molecule has 1 unspecified atom stereocenters. The van der Waals surface area contributed by atoms with Crippen molar-refractivity contribution in [1.82, 2.24) is 19.8 Å². The molecule has 0 aromatic carbocycles. The highest BCUT2D eigenvalue weighted by atomic mass is 16.3. The van der Waals surface area contributed by atoms with Crippen molar-refractivity contribution in [1.29, 1.82) is 0 Å². The number of aromatic nitrogens is 2. The molecular formula is C19H30N4O4. The fraction of sp³-hybridized carbons (Fsp3) is 0.737. The average molecular weight is 378 g/mol. The van der Waals surface area contributed by atoms with Crippen LogP contribution in [0.3, 0.4) is 0 Å². The predicted molar refractivity (Wildman–Crippen MR) is 102 cm³/mol. The lowest BCUT2D eigenvalue weighted by Gasteiger charge is -2.43. The van der Waals surface area contributed by atoms with E-state index >= 15 is 0 Å². The van der Waals surface area contributed by atoms with Gasteiger partial charge in [0.1, 0.15) is 0 Å². The maximum atomic E-state index is 12.7. The molecule has 1 aromatic rings. The molecule has 0 bridgehead atoms. The smallest absolute Gasteiger partial charge is 0.325 e. The van der Waals surface area contributed by atoms with Crippen LogP contribution in [-0.4, -0.2) is 69.6 Å². The SMILES string of the molecule is O=C(Cc1c[nH]c(=O)[nH]c1=O)N1CCN(CC2CCCCC2)C(CCO)C1. The Labute approximate surface area is 158 Å². The Bertz CT molecular complexity index is 738. The lowest BCUT2D eigenvalue weighted by Crippen LogP contribution is -2.56. The molecule has 1 saturated heterocycles. The number of piperazine rings is 1. The van der Waals surface area contributed by atoms with Crippen molar-refractivity contribution in [3.63, 3.8) is 0 Å². The molecule has 1 aromatic heterocycles. The second kappa shape index (κ2) is 9.32. The van der Waals surface area contributed by atoms with E-state index in [1.165, 1.54) is 38.3 Å². The van der Waals surface area contributed by atoms with Gasteiger partial charge < -0.3 is 15.0 Å². The first-order valence-corrected chi connectivity index (χ1v) is 10.0. The van der Waals surface area contributed by atoms with Gasteiger partial charge in [-0.15, -0.1) is 0 Å². The predicted octanol–water partition coefficient (Wildman–Crippen LogP) is 0.0812. The second-order valence-electron chi connectivity index (χ2n) is 7.78. The van der Waals surface area contributed by atoms with E-state index in [1.807, 2.05) is 0 Å². The summed E-state index contributed by atoms with van der Waals surface area (Å²) in [7, 11) is 0. The molecule has 8 heteroatoms. The highest BCUT2D eigenvalue weighted by Crippen LogP contribution is 2.26. The maximum Gasteiger partial charge on any atom is 0.325 e. The van der Waals surface area contributed by atoms with Crippen LogP contribution in [0.1, 0.15) is 44.1 Å². The van der Waals surface area contributed by atoms with Gasteiger partial charge in [-0.25, -0.2) is 4.79 Å². The summed E-state index contributed by atoms with van der Waals surface area (Å²) in [5.41, 5.74) is -0.826. The van der Waals surface area contributed by atoms with Gasteiger partial charge in [0.2, 0.25) is 5.91 Å². The largest absolute Gasteiger partial charge is 0.396 e. The Morgan fingerprint density at radius 2 is 1.96 bits per heavy atom. The van der Waals surface area contributed by atoms with E-state index in [4.69, 9.17) is 0 Å². The van der Waals surface area contributed by atoms with Gasteiger partial charge in [0, 0.05) is 50.6 Å². The summed E-state index contributed by atoms with van der Waals surface area (Å²) in [6, 6.07) is 0.156. The molecule has 1 aliphatic carbocycles. The van der Waals surface area contributed by atoms with Crippen LogP contribution in [0, 0.1) is 5.92 Å². The topological polar surface area (TPSA) is 109 Å². The lowest BCUT2D eigenvalue weighted by atomic mass is 9.88. The third kappa shape index (κ3) is 5.29. The first-order chi connectivity index (χ1) is 13.1. The Morgan fingerprint density at radius 1 is 1.19 bits per heavy atom. The van der Waals surface area contributed by atoms with E-state index in [0.717, 1.165) is 19.0 Å². The minimum Gasteiger partial charge on any atom is -0.396 e. The molecule has 8 nitrogen and oxygen atoms in total. The first kappa shape index (κ1) is 19.8. The molecule has 0 spiro atoms. The van der Waals surface area contributed by atoms with Crippen molar-refractivity contribution in [2.75, 3.05) is 32.8 Å². The number of aliphatic hydroxyl groups excluding tert-OH is 1. The lowest BCUT2D eigenvalue weighted by molar-refractivity contribution is -0.134. The number of carbonyl (C=O) groups is 1. The zero-order valence-electron chi connectivity index (χ0n) is 15.8. The summed E-state index contributed by atoms with van der Waals surface area (Å²) >= 11 is 0. The number of aromatic amines is 2. The van der Waals surface area contributed by atoms with E-state index in [-0.39, 0.29) is 30.5 Å². The fourth-order valence-corrected chi connectivity index (χ4v) is 4.33. The minimum atomic E-state index is -0.574. The van der Waals surface area contributed by atoms with Crippen LogP contribution in [0.15, 0.2) is 15.8 Å². The van der Waals surface area contributed by atoms with Crippen LogP contribution in [0.4, 0.5) is 0 Å². The van der Waals surface area contributed by atoms with Crippen molar-refractivity contribution in [3.05, 3.63) is 32.6 Å². The van der Waals surface area contributed by atoms with Crippen LogP contribution in [0.25, 0.3) is 0 Å². The zero-order valence-corrected chi connectivity index (χ0v) is 15.8. The molecule has 3 rings (SSSR count). The van der Waals surface area contributed by atoms with Crippen molar-refractivity contribution >= 4 is 5.91 Å². The van der Waals surface area contributed by atoms with Crippen molar-refractivity contribution in [3.8, 4) is 0 Å². The third-order valence-corrected chi connectivity index (χ3v) is 5.88. The number of H-pyrrole nitrogens is 2. The van der Waals surface area contributed by atoms with E-state index in [0.29, 0.717) is 19.5 Å². The van der Waals surface area contributed by atoms with Crippen LogP contribution >= 0.6 is 0 Å². The second-order valence-corrected chi connectivity index (χ2v) is 7.78. The maximum absolute atomic E-state index is 12.7. The standard InChI is InChI=1S/C19H30N4O4/c24-9-6-16-13-23(8-7-22(16)12-14-4-2-1-3-5-14)17(25)10-15-11-20-19(27)21-18(15)26/h11,14,16,24H,1-10,12-13H2,(H2,20,21,26,27). The van der Waals surface area contributed by atoms with Crippen LogP contribution in [0.5, 0.6) is 0 Å². The van der Waals surface area contributed by atoms with Crippen molar-refractivity contribution in [2.45, 2.75) is 51.0 Å². The number of hydrogen-bond acceptors (Lipinski definition) is 5. The summed E-state index contributed by atoms with van der Waals surface area (Å²) in [5.74, 6) is 0.606. The van der Waals surface area contributed by atoms with E-state index < -0.39 is 11.2 Å². The number of hydrogen-bond donors (Lipinski definition) is 3. The first-order valence-electron chi connectivity index (χ1n) is 10.0. The van der Waals surface area contributed by atoms with Crippen molar-refractivity contribution in [2.24, 2.45) is 5.92 Å². The highest BCUT2D eigenvalue weighted by molar-refractivity contribution is 5.78. The zero-order chi connectivity index (χ0) is 19.2. The van der Waals surface area contributed by atoms with Gasteiger partial charge in [-0.05, 0) is 25.2 Å². The Hall–Kier alpha value is -1.93. The van der Waals surface area contributed by atoms with Gasteiger partial charge in [-0.1, -0.05) is 19.3 Å². The van der Waals surface area contributed by atoms with Crippen molar-refractivity contribution < 1.29 is 9.90 Å². The van der Waals surface area contributed by atoms with E-state index in [1.54, 1.807) is 4.90 Å². The number of rotatable bonds is 6. The third-order valence-electron chi connectivity index (χ3n) is 5.88. The molecule has 3 N–H and O–H groups in total. The van der Waals surface area contributed by atoms with Gasteiger partial charge in [-0.2, -0.15) is 0 Å². The summed E-state index contributed by atoms with van der Waals surface area (Å²) in [6.07, 6.45) is 8.44. The van der Waals surface area contributed by atoms with Gasteiger partial charge >= 0.3 is 5.69 Å². The molecule has 1 atom stereocenters. The fourth-order valence-electron chi connectivity index (χ4n) is 4.33. The summed E-state index contributed by atoms with van der Waals surface area (Å²) in [5, 5.41) is 9.46. The normalized spacial score (nSPS) is 22.1. The van der Waals surface area contributed by atoms with Gasteiger partial charge in [0.25, 0.3) is 5.56 Å². The summed E-state index contributed by atoms with van der Waals surface area (Å²) < 4.78 is 0. The molecule has 1 amide bonds. The number of nitrogens with one attached hydrogen (secondary N) is 2. The number of amides is 1. The molecule has 2 fully saturated rings. The van der Waals surface area contributed by atoms with Gasteiger partial charge in [0.15, 0.2) is 0 Å². The highest BCUT2D eigenvalue weighted by Gasteiger charge is 2.31. The molecule has 27 heavy (non-hydrogen) atoms. The molecule has 1 aliphatic heterocycles. The summed E-state index contributed by atoms with van der Waals surface area (Å²) in [6.45, 7) is 3.16. The molecular weight excluding hydrogens is 348 g/mol. The quantitative estimate of drug-likeness (QED) is 0.650. The Morgan fingerprint density at radius 3 is 2.67 bits per heavy atom. The molecule has 0 radical (unpaired) electrons. The molecule has 1 saturated carbocycles. The average Bonchev–Trinajstić information content (AvgIpc) is 2.66. The Kier molecular flexibility index (Phi) is 6.84. The monoisotopic (exact) mass is 378 g/mol.